The summed E-state index contributed by atoms with van der Waals surface area (Å²) in [5.41, 5.74) is 0.445. The lowest BCUT2D eigenvalue weighted by Gasteiger charge is -2.34. The number of piperazine rings is 1. The van der Waals surface area contributed by atoms with Gasteiger partial charge in [0.1, 0.15) is 17.5 Å². The van der Waals surface area contributed by atoms with E-state index >= 15 is 0 Å². The number of benzene rings is 1. The molecule has 0 saturated carbocycles. The van der Waals surface area contributed by atoms with Crippen molar-refractivity contribution in [3.63, 3.8) is 0 Å². The molecule has 1 atom stereocenters. The maximum Gasteiger partial charge on any atom is 0.322 e. The molecule has 1 aromatic carbocycles. The molecule has 0 spiro atoms. The van der Waals surface area contributed by atoms with Crippen LogP contribution in [0.3, 0.4) is 0 Å². The first-order chi connectivity index (χ1) is 13.0. The van der Waals surface area contributed by atoms with Crippen molar-refractivity contribution in [2.45, 2.75) is 19.4 Å². The number of nitrogens with one attached hydrogen (secondary N) is 2. The number of carbonyl (C=O) groups excluding carboxylic acids is 2. The summed E-state index contributed by atoms with van der Waals surface area (Å²) in [5, 5.41) is 9.26. The number of methoxy groups -OCH3 is 2. The van der Waals surface area contributed by atoms with Gasteiger partial charge in [0, 0.05) is 19.2 Å². The molecule has 1 saturated heterocycles. The summed E-state index contributed by atoms with van der Waals surface area (Å²) >= 11 is 0. The van der Waals surface area contributed by atoms with Crippen LogP contribution in [0.15, 0.2) is 22.7 Å². The number of aryl methyl sites for hydroxylation is 1. The first kappa shape index (κ1) is 18.5. The number of rotatable bonds is 5. The molecular formula is C17H21N5O5. The molecule has 2 aromatic rings. The average Bonchev–Trinajstić information content (AvgIpc) is 3.08. The molecule has 1 fully saturated rings. The van der Waals surface area contributed by atoms with Gasteiger partial charge >= 0.3 is 6.03 Å². The second kappa shape index (κ2) is 7.94. The van der Waals surface area contributed by atoms with Gasteiger partial charge in [-0.1, -0.05) is 5.16 Å². The van der Waals surface area contributed by atoms with Crippen molar-refractivity contribution in [1.82, 2.24) is 20.4 Å². The van der Waals surface area contributed by atoms with Crippen LogP contribution in [0, 0.1) is 6.92 Å². The fourth-order valence-corrected chi connectivity index (χ4v) is 2.85. The van der Waals surface area contributed by atoms with Gasteiger partial charge in [-0.05, 0) is 19.1 Å². The minimum Gasteiger partial charge on any atom is -0.497 e. The van der Waals surface area contributed by atoms with Gasteiger partial charge in [0.25, 0.3) is 0 Å². The van der Waals surface area contributed by atoms with Gasteiger partial charge in [0.15, 0.2) is 5.82 Å². The van der Waals surface area contributed by atoms with Gasteiger partial charge in [-0.15, -0.1) is 0 Å². The molecule has 1 unspecified atom stereocenters. The van der Waals surface area contributed by atoms with Crippen LogP contribution in [0.25, 0.3) is 0 Å². The van der Waals surface area contributed by atoms with Crippen LogP contribution in [0.4, 0.5) is 10.5 Å². The lowest BCUT2D eigenvalue weighted by Crippen LogP contribution is -2.59. The minimum atomic E-state index is -0.754. The van der Waals surface area contributed by atoms with Gasteiger partial charge in [-0.3, -0.25) is 4.79 Å². The summed E-state index contributed by atoms with van der Waals surface area (Å²) in [5.74, 6) is 1.55. The number of hydrogen-bond donors (Lipinski definition) is 2. The van der Waals surface area contributed by atoms with Gasteiger partial charge < -0.3 is 29.5 Å². The van der Waals surface area contributed by atoms with Crippen molar-refractivity contribution in [2.75, 3.05) is 32.6 Å². The van der Waals surface area contributed by atoms with Crippen LogP contribution < -0.4 is 20.1 Å². The van der Waals surface area contributed by atoms with E-state index in [0.717, 1.165) is 0 Å². The Labute approximate surface area is 155 Å². The molecule has 1 aliphatic rings. The van der Waals surface area contributed by atoms with Crippen LogP contribution in [0.5, 0.6) is 11.5 Å². The number of carbonyl (C=O) groups is 2. The van der Waals surface area contributed by atoms with Crippen LogP contribution in [-0.2, 0) is 11.2 Å². The molecular weight excluding hydrogens is 354 g/mol. The third-order valence-corrected chi connectivity index (χ3v) is 4.18. The number of amides is 3. The Bertz CT molecular complexity index is 837. The summed E-state index contributed by atoms with van der Waals surface area (Å²) < 4.78 is 15.6. The molecule has 1 aromatic heterocycles. The zero-order valence-corrected chi connectivity index (χ0v) is 15.3. The van der Waals surface area contributed by atoms with Gasteiger partial charge in [0.05, 0.1) is 26.3 Å². The molecule has 1 aliphatic heterocycles. The Morgan fingerprint density at radius 1 is 1.41 bits per heavy atom. The van der Waals surface area contributed by atoms with E-state index in [4.69, 9.17) is 14.0 Å². The van der Waals surface area contributed by atoms with Crippen LogP contribution in [-0.4, -0.2) is 60.3 Å². The second-order valence-electron chi connectivity index (χ2n) is 5.94. The monoisotopic (exact) mass is 375 g/mol. The fraction of sp³-hybridized carbons (Fsp3) is 0.412. The van der Waals surface area contributed by atoms with E-state index in [9.17, 15) is 9.59 Å². The third-order valence-electron chi connectivity index (χ3n) is 4.18. The highest BCUT2D eigenvalue weighted by Gasteiger charge is 2.35. The smallest absolute Gasteiger partial charge is 0.322 e. The van der Waals surface area contributed by atoms with E-state index in [-0.39, 0.29) is 12.3 Å². The molecule has 2 N–H and O–H groups in total. The van der Waals surface area contributed by atoms with Crippen molar-refractivity contribution >= 4 is 17.6 Å². The van der Waals surface area contributed by atoms with E-state index in [1.807, 2.05) is 0 Å². The zero-order valence-electron chi connectivity index (χ0n) is 15.3. The Balaban J connectivity index is 1.80. The summed E-state index contributed by atoms with van der Waals surface area (Å²) in [4.78, 5) is 30.7. The molecule has 10 nitrogen and oxygen atoms in total. The van der Waals surface area contributed by atoms with Crippen molar-refractivity contribution in [3.05, 3.63) is 29.9 Å². The van der Waals surface area contributed by atoms with Crippen molar-refractivity contribution in [1.29, 1.82) is 0 Å². The SMILES string of the molecule is COc1ccc(OC)c(NC(=O)N2CCNC(=O)C2Cc2nc(C)no2)c1. The number of aromatic nitrogens is 2. The number of urea groups is 1. The highest BCUT2D eigenvalue weighted by atomic mass is 16.5. The highest BCUT2D eigenvalue weighted by molar-refractivity contribution is 5.95. The van der Waals surface area contributed by atoms with Crippen molar-refractivity contribution < 1.29 is 23.6 Å². The maximum absolute atomic E-state index is 12.9. The lowest BCUT2D eigenvalue weighted by molar-refractivity contribution is -0.127. The molecule has 0 radical (unpaired) electrons. The number of anilines is 1. The van der Waals surface area contributed by atoms with E-state index in [0.29, 0.717) is 42.0 Å². The Hall–Kier alpha value is -3.30. The molecule has 2 heterocycles. The first-order valence-electron chi connectivity index (χ1n) is 8.38. The lowest BCUT2D eigenvalue weighted by atomic mass is 10.1. The molecule has 0 bridgehead atoms. The predicted octanol–water partition coefficient (Wildman–Crippen LogP) is 0.970. The fourth-order valence-electron chi connectivity index (χ4n) is 2.85. The molecule has 0 aliphatic carbocycles. The largest absolute Gasteiger partial charge is 0.497 e. The molecule has 27 heavy (non-hydrogen) atoms. The predicted molar refractivity (Wildman–Crippen MR) is 94.8 cm³/mol. The van der Waals surface area contributed by atoms with Crippen molar-refractivity contribution in [3.8, 4) is 11.5 Å². The van der Waals surface area contributed by atoms with Gasteiger partial charge in [0.2, 0.25) is 11.8 Å². The Morgan fingerprint density at radius 2 is 2.22 bits per heavy atom. The summed E-state index contributed by atoms with van der Waals surface area (Å²) in [6.07, 6.45) is 0.134. The standard InChI is InChI=1S/C17H21N5O5/c1-10-19-15(27-21-10)9-13-16(23)18-6-7-22(13)17(24)20-12-8-11(25-2)4-5-14(12)26-3/h4-5,8,13H,6-7,9H2,1-3H3,(H,18,23)(H,20,24). The highest BCUT2D eigenvalue weighted by Crippen LogP contribution is 2.29. The number of nitrogens with zero attached hydrogens (tertiary/aromatic N) is 3. The first-order valence-corrected chi connectivity index (χ1v) is 8.38. The second-order valence-corrected chi connectivity index (χ2v) is 5.94. The van der Waals surface area contributed by atoms with Gasteiger partial charge in [-0.2, -0.15) is 4.98 Å². The van der Waals surface area contributed by atoms with Crippen LogP contribution in [0.1, 0.15) is 11.7 Å². The topological polar surface area (TPSA) is 119 Å². The summed E-state index contributed by atoms with van der Waals surface area (Å²) in [7, 11) is 3.04. The van der Waals surface area contributed by atoms with Gasteiger partial charge in [-0.25, -0.2) is 4.79 Å². The van der Waals surface area contributed by atoms with E-state index < -0.39 is 12.1 Å². The quantitative estimate of drug-likeness (QED) is 0.799. The molecule has 3 amide bonds. The maximum atomic E-state index is 12.9. The van der Waals surface area contributed by atoms with E-state index in [1.165, 1.54) is 19.1 Å². The van der Waals surface area contributed by atoms with E-state index in [1.54, 1.807) is 25.1 Å². The normalized spacial score (nSPS) is 16.6. The average molecular weight is 375 g/mol. The van der Waals surface area contributed by atoms with Crippen molar-refractivity contribution in [2.24, 2.45) is 0 Å². The summed E-state index contributed by atoms with van der Waals surface area (Å²) in [6, 6.07) is 3.88. The van der Waals surface area contributed by atoms with E-state index in [2.05, 4.69) is 20.8 Å². The van der Waals surface area contributed by atoms with Crippen LogP contribution in [0.2, 0.25) is 0 Å². The minimum absolute atomic E-state index is 0.134. The third kappa shape index (κ3) is 4.10. The Morgan fingerprint density at radius 3 is 2.89 bits per heavy atom. The van der Waals surface area contributed by atoms with Crippen LogP contribution >= 0.6 is 0 Å². The zero-order chi connectivity index (χ0) is 19.4. The number of ether oxygens (including phenoxy) is 2. The molecule has 144 valence electrons. The Kier molecular flexibility index (Phi) is 5.43. The molecule has 3 rings (SSSR count). The summed E-state index contributed by atoms with van der Waals surface area (Å²) in [6.45, 7) is 2.40. The molecule has 10 heteroatoms. The number of hydrogen-bond acceptors (Lipinski definition) is 7.